The lowest BCUT2D eigenvalue weighted by atomic mass is 9.96. The number of piperazine rings is 1. The molecule has 1 fully saturated rings. The molecule has 3 aromatic carbocycles. The van der Waals surface area contributed by atoms with Crippen molar-refractivity contribution in [2.75, 3.05) is 59.6 Å². The topological polar surface area (TPSA) is 130 Å². The van der Waals surface area contributed by atoms with Gasteiger partial charge in [-0.1, -0.05) is 29.8 Å². The van der Waals surface area contributed by atoms with Gasteiger partial charge in [0, 0.05) is 61.3 Å². The van der Waals surface area contributed by atoms with Crippen molar-refractivity contribution < 1.29 is 50.8 Å². The van der Waals surface area contributed by atoms with Gasteiger partial charge in [-0.05, 0) is 80.1 Å². The van der Waals surface area contributed by atoms with Crippen molar-refractivity contribution in [3.8, 4) is 50.7 Å². The number of fused-ring (bicyclic) bond motifs is 7. The first-order valence-corrected chi connectivity index (χ1v) is 22.1. The van der Waals surface area contributed by atoms with E-state index in [9.17, 15) is 22.4 Å². The van der Waals surface area contributed by atoms with E-state index in [4.69, 9.17) is 40.0 Å². The number of likely N-dealkylation sites (N-methyl/N-ethyl adjacent to an activating group) is 1. The molecular weight excluding hydrogens is 892 g/mol. The fraction of sp³-hybridized carbons (Fsp3) is 0.370. The number of nitrogens with zero attached hydrogens (tertiary/aromatic N) is 6. The van der Waals surface area contributed by atoms with Gasteiger partial charge in [0.05, 0.1) is 29.1 Å². The van der Waals surface area contributed by atoms with E-state index in [1.54, 1.807) is 43.3 Å². The number of alkyl halides is 3. The van der Waals surface area contributed by atoms with Gasteiger partial charge in [0.2, 0.25) is 12.0 Å². The molecule has 2 atom stereocenters. The fourth-order valence-corrected chi connectivity index (χ4v) is 8.88. The summed E-state index contributed by atoms with van der Waals surface area (Å²) in [5, 5.41) is 0.887. The van der Waals surface area contributed by atoms with Gasteiger partial charge in [0.1, 0.15) is 60.1 Å². The molecule has 0 spiro atoms. The summed E-state index contributed by atoms with van der Waals surface area (Å²) >= 11 is 8.59. The molecule has 3 aliphatic heterocycles. The van der Waals surface area contributed by atoms with Gasteiger partial charge in [-0.2, -0.15) is 18.2 Å². The van der Waals surface area contributed by atoms with Crippen molar-refractivity contribution in [1.29, 1.82) is 0 Å². The Morgan fingerprint density at radius 2 is 1.78 bits per heavy atom. The lowest BCUT2D eigenvalue weighted by Gasteiger charge is -2.34. The molecule has 0 aliphatic carbocycles. The van der Waals surface area contributed by atoms with Gasteiger partial charge in [0.25, 0.3) is 0 Å². The first-order valence-electron chi connectivity index (χ1n) is 21.0. The smallest absolute Gasteiger partial charge is 0.392 e. The molecule has 3 aromatic heterocycles. The number of hydrogen-bond acceptors (Lipinski definition) is 14. The number of thiophene rings is 1. The third kappa shape index (κ3) is 11.2. The molecule has 9 rings (SSSR count). The Labute approximate surface area is 381 Å². The number of hydrogen-bond donors (Lipinski definition) is 0. The molecule has 6 heterocycles. The van der Waals surface area contributed by atoms with E-state index in [-0.39, 0.29) is 38.1 Å². The van der Waals surface area contributed by atoms with Crippen molar-refractivity contribution in [3.63, 3.8) is 0 Å². The lowest BCUT2D eigenvalue weighted by Crippen LogP contribution is -2.49. The number of esters is 1. The van der Waals surface area contributed by atoms with E-state index in [2.05, 4.69) is 36.8 Å². The third-order valence-electron chi connectivity index (χ3n) is 10.9. The molecule has 0 amide bonds. The van der Waals surface area contributed by atoms with E-state index in [0.717, 1.165) is 36.6 Å². The van der Waals surface area contributed by atoms with Crippen molar-refractivity contribution in [3.05, 3.63) is 101 Å². The van der Waals surface area contributed by atoms with Crippen LogP contribution in [0.25, 0.3) is 31.8 Å². The molecule has 3 aliphatic rings. The monoisotopic (exact) mass is 936 g/mol. The molecule has 19 heteroatoms. The zero-order chi connectivity index (χ0) is 45.7. The molecular formula is C46H45ClF4N6O7S. The zero-order valence-corrected chi connectivity index (χ0v) is 37.3. The standard InChI is InChI=1S/C46H45ClF4N6O7S/c1-4-59-44(58)37-22-29-21-32(9-11-35(29)62-24-31-13-15-52-45(55-31)60-20-14-46(49,50)51)61-25-33(23-57-18-16-56(3)17-19-57)63-36-12-10-34(27(2)40(36)47)38-39-42(64-37)53-26-54-43(39)65-41(38)28-5-7-30(48)8-6-28/h5-13,15,21,26,33,37H,4,14,16-20,22-25H2,1-3H3/t33-,37+/m0/s1. The SMILES string of the molecule is CCOC(=O)[C@H]1Cc2cc(ccc2OCc2ccnc(OCCC(F)(F)F)n2)OC[C@H](CN2CCN(C)CC2)Oc2ccc(c(C)c2Cl)-c2c(-c3ccc(F)cc3)sc3ncnc(c23)O1. The van der Waals surface area contributed by atoms with E-state index in [0.29, 0.717) is 67.0 Å². The van der Waals surface area contributed by atoms with Crippen molar-refractivity contribution in [2.45, 2.75) is 51.7 Å². The van der Waals surface area contributed by atoms with Crippen molar-refractivity contribution in [2.24, 2.45) is 0 Å². The van der Waals surface area contributed by atoms with Crippen molar-refractivity contribution >= 4 is 39.1 Å². The molecule has 342 valence electrons. The maximum absolute atomic E-state index is 14.3. The van der Waals surface area contributed by atoms with Crippen LogP contribution < -0.4 is 23.7 Å². The minimum Gasteiger partial charge on any atom is -0.490 e. The Morgan fingerprint density at radius 3 is 2.55 bits per heavy atom. The van der Waals surface area contributed by atoms with Gasteiger partial charge in [-0.25, -0.2) is 24.1 Å². The first kappa shape index (κ1) is 45.7. The molecule has 1 saturated heterocycles. The summed E-state index contributed by atoms with van der Waals surface area (Å²) in [4.78, 5) is 37.2. The average molecular weight is 937 g/mol. The van der Waals surface area contributed by atoms with Gasteiger partial charge in [-0.3, -0.25) is 4.90 Å². The highest BCUT2D eigenvalue weighted by molar-refractivity contribution is 7.22. The summed E-state index contributed by atoms with van der Waals surface area (Å²) in [6.07, 6.45) is -4.70. The molecule has 0 saturated carbocycles. The van der Waals surface area contributed by atoms with Gasteiger partial charge in [0.15, 0.2) is 0 Å². The maximum atomic E-state index is 14.3. The van der Waals surface area contributed by atoms with Crippen LogP contribution in [0.1, 0.15) is 30.2 Å². The second kappa shape index (κ2) is 20.1. The Kier molecular flexibility index (Phi) is 14.2. The van der Waals surface area contributed by atoms with Crippen LogP contribution in [0.4, 0.5) is 17.6 Å². The number of aromatic nitrogens is 4. The van der Waals surface area contributed by atoms with Gasteiger partial charge < -0.3 is 33.3 Å². The fourth-order valence-electron chi connectivity index (χ4n) is 7.52. The van der Waals surface area contributed by atoms with E-state index in [1.807, 2.05) is 19.1 Å². The van der Waals surface area contributed by atoms with Gasteiger partial charge in [-0.15, -0.1) is 11.3 Å². The van der Waals surface area contributed by atoms with E-state index >= 15 is 0 Å². The minimum absolute atomic E-state index is 0.0582. The Balaban J connectivity index is 1.22. The second-order valence-corrected chi connectivity index (χ2v) is 16.9. The average Bonchev–Trinajstić information content (AvgIpc) is 3.67. The summed E-state index contributed by atoms with van der Waals surface area (Å²) in [7, 11) is 2.09. The predicted molar refractivity (Wildman–Crippen MR) is 236 cm³/mol. The Morgan fingerprint density at radius 1 is 0.985 bits per heavy atom. The molecule has 13 nitrogen and oxygen atoms in total. The van der Waals surface area contributed by atoms with Crippen LogP contribution in [-0.2, 0) is 22.6 Å². The highest BCUT2D eigenvalue weighted by atomic mass is 35.5. The molecule has 4 bridgehead atoms. The van der Waals surface area contributed by atoms with Crippen LogP contribution in [0, 0.1) is 12.7 Å². The van der Waals surface area contributed by atoms with Crippen LogP contribution in [-0.4, -0.2) is 114 Å². The Hall–Kier alpha value is -5.82. The van der Waals surface area contributed by atoms with E-state index in [1.165, 1.54) is 36.0 Å². The molecule has 6 aromatic rings. The highest BCUT2D eigenvalue weighted by Crippen LogP contribution is 2.49. The molecule has 0 radical (unpaired) electrons. The van der Waals surface area contributed by atoms with Crippen LogP contribution in [0.3, 0.4) is 0 Å². The normalized spacial score (nSPS) is 17.2. The quantitative estimate of drug-likeness (QED) is 0.0908. The summed E-state index contributed by atoms with van der Waals surface area (Å²) in [5.74, 6) is 0.258. The number of benzene rings is 3. The highest BCUT2D eigenvalue weighted by Gasteiger charge is 2.31. The number of carbonyl (C=O) groups is 1. The van der Waals surface area contributed by atoms with Crippen LogP contribution >= 0.6 is 22.9 Å². The maximum Gasteiger partial charge on any atom is 0.392 e. The lowest BCUT2D eigenvalue weighted by molar-refractivity contribution is -0.151. The molecule has 0 unspecified atom stereocenters. The van der Waals surface area contributed by atoms with Crippen LogP contribution in [0.2, 0.25) is 5.02 Å². The summed E-state index contributed by atoms with van der Waals surface area (Å²) in [6, 6.07) is 16.3. The molecule has 0 N–H and O–H groups in total. The summed E-state index contributed by atoms with van der Waals surface area (Å²) < 4.78 is 89.4. The first-order chi connectivity index (χ1) is 31.3. The summed E-state index contributed by atoms with van der Waals surface area (Å²) in [6.45, 7) is 7.00. The number of halogens is 5. The number of ether oxygens (including phenoxy) is 6. The largest absolute Gasteiger partial charge is 0.490 e. The zero-order valence-electron chi connectivity index (χ0n) is 35.7. The predicted octanol–water partition coefficient (Wildman–Crippen LogP) is 8.77. The third-order valence-corrected chi connectivity index (χ3v) is 12.5. The van der Waals surface area contributed by atoms with Crippen LogP contribution in [0.15, 0.2) is 73.2 Å². The number of carbonyl (C=O) groups excluding carboxylic acids is 1. The molecule has 65 heavy (non-hydrogen) atoms. The minimum atomic E-state index is -4.40. The number of rotatable bonds is 11. The summed E-state index contributed by atoms with van der Waals surface area (Å²) in [5.41, 5.74) is 3.62. The second-order valence-electron chi connectivity index (χ2n) is 15.5. The van der Waals surface area contributed by atoms with Gasteiger partial charge >= 0.3 is 18.2 Å². The van der Waals surface area contributed by atoms with E-state index < -0.39 is 43.2 Å². The Bertz CT molecular complexity index is 2630. The van der Waals surface area contributed by atoms with Crippen LogP contribution in [0.5, 0.6) is 29.1 Å². The van der Waals surface area contributed by atoms with Crippen molar-refractivity contribution in [1.82, 2.24) is 29.7 Å².